The number of rotatable bonds is 4. The molecule has 0 aromatic heterocycles. The average Bonchev–Trinajstić information content (AvgIpc) is 2.49. The summed E-state index contributed by atoms with van der Waals surface area (Å²) in [5.41, 5.74) is 4.12. The molecule has 0 unspecified atom stereocenters. The third kappa shape index (κ3) is 3.85. The molecule has 1 heterocycles. The SMILES string of the molecule is CCC(=O)N1CC[C@H](NCc2cccc(C)c2C)[C@@H](C)C1. The van der Waals surface area contributed by atoms with E-state index >= 15 is 0 Å². The summed E-state index contributed by atoms with van der Waals surface area (Å²) >= 11 is 0. The molecule has 0 saturated carbocycles. The monoisotopic (exact) mass is 288 g/mol. The fourth-order valence-corrected chi connectivity index (χ4v) is 3.14. The number of carbonyl (C=O) groups is 1. The van der Waals surface area contributed by atoms with E-state index in [2.05, 4.69) is 44.3 Å². The number of likely N-dealkylation sites (tertiary alicyclic amines) is 1. The van der Waals surface area contributed by atoms with Gasteiger partial charge in [0.1, 0.15) is 0 Å². The van der Waals surface area contributed by atoms with Gasteiger partial charge in [0.2, 0.25) is 5.91 Å². The van der Waals surface area contributed by atoms with Crippen molar-refractivity contribution in [1.29, 1.82) is 0 Å². The van der Waals surface area contributed by atoms with Crippen LogP contribution in [0.3, 0.4) is 0 Å². The molecule has 21 heavy (non-hydrogen) atoms. The lowest BCUT2D eigenvalue weighted by molar-refractivity contribution is -0.132. The standard InChI is InChI=1S/C18H28N2O/c1-5-18(21)20-10-9-17(14(3)12-20)19-11-16-8-6-7-13(2)15(16)4/h6-8,14,17,19H,5,9-12H2,1-4H3/t14-,17-/m0/s1. The van der Waals surface area contributed by atoms with Crippen molar-refractivity contribution in [2.75, 3.05) is 13.1 Å². The molecule has 116 valence electrons. The van der Waals surface area contributed by atoms with Crippen molar-refractivity contribution >= 4 is 5.91 Å². The van der Waals surface area contributed by atoms with E-state index in [1.807, 2.05) is 11.8 Å². The second-order valence-electron chi connectivity index (χ2n) is 6.31. The molecule has 2 atom stereocenters. The van der Waals surface area contributed by atoms with E-state index in [9.17, 15) is 4.79 Å². The second kappa shape index (κ2) is 7.08. The van der Waals surface area contributed by atoms with E-state index in [4.69, 9.17) is 0 Å². The molecule has 0 aliphatic carbocycles. The summed E-state index contributed by atoms with van der Waals surface area (Å²) in [6.45, 7) is 11.2. The van der Waals surface area contributed by atoms with Crippen LogP contribution in [0.2, 0.25) is 0 Å². The van der Waals surface area contributed by atoms with E-state index < -0.39 is 0 Å². The van der Waals surface area contributed by atoms with Gasteiger partial charge in [0.25, 0.3) is 0 Å². The van der Waals surface area contributed by atoms with E-state index in [-0.39, 0.29) is 5.91 Å². The first kappa shape index (κ1) is 16.0. The molecule has 1 aromatic rings. The minimum Gasteiger partial charge on any atom is -0.342 e. The molecular formula is C18H28N2O. The van der Waals surface area contributed by atoms with E-state index in [1.54, 1.807) is 0 Å². The van der Waals surface area contributed by atoms with Crippen LogP contribution in [0.15, 0.2) is 18.2 Å². The zero-order valence-corrected chi connectivity index (χ0v) is 13.8. The van der Waals surface area contributed by atoms with E-state index in [0.29, 0.717) is 18.4 Å². The van der Waals surface area contributed by atoms with Gasteiger partial charge < -0.3 is 10.2 Å². The van der Waals surface area contributed by atoms with Crippen LogP contribution in [0.4, 0.5) is 0 Å². The van der Waals surface area contributed by atoms with Crippen LogP contribution >= 0.6 is 0 Å². The Morgan fingerprint density at radius 1 is 1.38 bits per heavy atom. The highest BCUT2D eigenvalue weighted by Crippen LogP contribution is 2.19. The van der Waals surface area contributed by atoms with Gasteiger partial charge in [-0.1, -0.05) is 32.0 Å². The van der Waals surface area contributed by atoms with E-state index in [1.165, 1.54) is 16.7 Å². The van der Waals surface area contributed by atoms with Gasteiger partial charge in [0.15, 0.2) is 0 Å². The molecule has 3 nitrogen and oxygen atoms in total. The number of amides is 1. The second-order valence-corrected chi connectivity index (χ2v) is 6.31. The van der Waals surface area contributed by atoms with Crippen LogP contribution in [0.25, 0.3) is 0 Å². The molecule has 0 radical (unpaired) electrons. The molecule has 1 aliphatic heterocycles. The maximum Gasteiger partial charge on any atom is 0.222 e. The van der Waals surface area contributed by atoms with Crippen molar-refractivity contribution in [3.63, 3.8) is 0 Å². The Balaban J connectivity index is 1.90. The minimum atomic E-state index is 0.287. The number of hydrogen-bond donors (Lipinski definition) is 1. The van der Waals surface area contributed by atoms with Crippen LogP contribution < -0.4 is 5.32 Å². The van der Waals surface area contributed by atoms with Gasteiger partial charge >= 0.3 is 0 Å². The highest BCUT2D eigenvalue weighted by molar-refractivity contribution is 5.75. The predicted octanol–water partition coefficient (Wildman–Crippen LogP) is 3.04. The number of aryl methyl sites for hydroxylation is 1. The summed E-state index contributed by atoms with van der Waals surface area (Å²) in [4.78, 5) is 13.8. The summed E-state index contributed by atoms with van der Waals surface area (Å²) in [6.07, 6.45) is 1.67. The molecule has 1 aliphatic rings. The maximum absolute atomic E-state index is 11.8. The molecule has 2 rings (SSSR count). The summed E-state index contributed by atoms with van der Waals surface area (Å²) in [5.74, 6) is 0.800. The highest BCUT2D eigenvalue weighted by Gasteiger charge is 2.27. The molecule has 1 N–H and O–H groups in total. The molecule has 3 heteroatoms. The molecule has 1 aromatic carbocycles. The summed E-state index contributed by atoms with van der Waals surface area (Å²) in [6, 6.07) is 7.00. The van der Waals surface area contributed by atoms with E-state index in [0.717, 1.165) is 26.1 Å². The maximum atomic E-state index is 11.8. The number of piperidine rings is 1. The van der Waals surface area contributed by atoms with Gasteiger partial charge in [0, 0.05) is 32.1 Å². The lowest BCUT2D eigenvalue weighted by Gasteiger charge is -2.37. The van der Waals surface area contributed by atoms with Gasteiger partial charge in [-0.3, -0.25) is 4.79 Å². The Kier molecular flexibility index (Phi) is 5.40. The van der Waals surface area contributed by atoms with Crippen LogP contribution in [0.5, 0.6) is 0 Å². The van der Waals surface area contributed by atoms with Crippen molar-refractivity contribution in [3.05, 3.63) is 34.9 Å². The number of nitrogens with zero attached hydrogens (tertiary/aromatic N) is 1. The molecule has 1 saturated heterocycles. The Labute approximate surface area is 128 Å². The van der Waals surface area contributed by atoms with Crippen molar-refractivity contribution in [2.24, 2.45) is 5.92 Å². The topological polar surface area (TPSA) is 32.3 Å². The lowest BCUT2D eigenvalue weighted by atomic mass is 9.93. The molecule has 0 spiro atoms. The first-order valence-electron chi connectivity index (χ1n) is 8.09. The van der Waals surface area contributed by atoms with Crippen molar-refractivity contribution in [2.45, 2.75) is 53.1 Å². The Morgan fingerprint density at radius 2 is 2.14 bits per heavy atom. The van der Waals surface area contributed by atoms with Crippen LogP contribution in [0, 0.1) is 19.8 Å². The predicted molar refractivity (Wildman–Crippen MR) is 87.2 cm³/mol. The van der Waals surface area contributed by atoms with Gasteiger partial charge in [0.05, 0.1) is 0 Å². The third-order valence-corrected chi connectivity index (χ3v) is 4.83. The first-order chi connectivity index (χ1) is 10.0. The molecular weight excluding hydrogens is 260 g/mol. The zero-order valence-electron chi connectivity index (χ0n) is 13.8. The smallest absolute Gasteiger partial charge is 0.222 e. The van der Waals surface area contributed by atoms with Crippen molar-refractivity contribution in [1.82, 2.24) is 10.2 Å². The summed E-state index contributed by atoms with van der Waals surface area (Å²) in [5, 5.41) is 3.70. The average molecular weight is 288 g/mol. The third-order valence-electron chi connectivity index (χ3n) is 4.83. The number of benzene rings is 1. The number of hydrogen-bond acceptors (Lipinski definition) is 2. The fourth-order valence-electron chi connectivity index (χ4n) is 3.14. The lowest BCUT2D eigenvalue weighted by Crippen LogP contribution is -2.49. The van der Waals surface area contributed by atoms with Crippen molar-refractivity contribution < 1.29 is 4.79 Å². The zero-order chi connectivity index (χ0) is 15.4. The van der Waals surface area contributed by atoms with Gasteiger partial charge in [-0.2, -0.15) is 0 Å². The van der Waals surface area contributed by atoms with Gasteiger partial charge in [-0.05, 0) is 42.9 Å². The minimum absolute atomic E-state index is 0.287. The number of carbonyl (C=O) groups excluding carboxylic acids is 1. The molecule has 0 bridgehead atoms. The van der Waals surface area contributed by atoms with Crippen molar-refractivity contribution in [3.8, 4) is 0 Å². The molecule has 1 fully saturated rings. The summed E-state index contributed by atoms with van der Waals surface area (Å²) in [7, 11) is 0. The molecule has 1 amide bonds. The Morgan fingerprint density at radius 3 is 2.81 bits per heavy atom. The van der Waals surface area contributed by atoms with Crippen LogP contribution in [-0.2, 0) is 11.3 Å². The normalized spacial score (nSPS) is 22.4. The largest absolute Gasteiger partial charge is 0.342 e. The van der Waals surface area contributed by atoms with Gasteiger partial charge in [-0.15, -0.1) is 0 Å². The Bertz CT molecular complexity index is 498. The first-order valence-corrected chi connectivity index (χ1v) is 8.09. The Hall–Kier alpha value is -1.35. The van der Waals surface area contributed by atoms with Gasteiger partial charge in [-0.25, -0.2) is 0 Å². The highest BCUT2D eigenvalue weighted by atomic mass is 16.2. The van der Waals surface area contributed by atoms with Crippen LogP contribution in [0.1, 0.15) is 43.4 Å². The number of nitrogens with one attached hydrogen (secondary N) is 1. The fraction of sp³-hybridized carbons (Fsp3) is 0.611. The van der Waals surface area contributed by atoms with Crippen LogP contribution in [-0.4, -0.2) is 29.9 Å². The summed E-state index contributed by atoms with van der Waals surface area (Å²) < 4.78 is 0. The quantitative estimate of drug-likeness (QED) is 0.923.